The molecule has 0 spiro atoms. The lowest BCUT2D eigenvalue weighted by Crippen LogP contribution is -2.46. The van der Waals surface area contributed by atoms with E-state index in [-0.39, 0.29) is 11.7 Å². The minimum atomic E-state index is -0.295. The first kappa shape index (κ1) is 17.3. The van der Waals surface area contributed by atoms with Gasteiger partial charge in [-0.15, -0.1) is 0 Å². The van der Waals surface area contributed by atoms with Crippen molar-refractivity contribution >= 4 is 44.8 Å². The second-order valence-electron chi connectivity index (χ2n) is 5.64. The number of carbonyl (C=O) groups is 1. The third kappa shape index (κ3) is 3.94. The number of benzene rings is 1. The highest BCUT2D eigenvalue weighted by Gasteiger charge is 2.20. The highest BCUT2D eigenvalue weighted by Crippen LogP contribution is 2.30. The molecule has 0 saturated carbocycles. The molecule has 0 aliphatic carbocycles. The van der Waals surface area contributed by atoms with Crippen LogP contribution in [0.25, 0.3) is 0 Å². The molecule has 0 unspecified atom stereocenters. The van der Waals surface area contributed by atoms with Gasteiger partial charge in [0.25, 0.3) is 5.91 Å². The van der Waals surface area contributed by atoms with E-state index in [1.807, 2.05) is 12.1 Å². The third-order valence-corrected chi connectivity index (χ3v) is 4.83. The van der Waals surface area contributed by atoms with Gasteiger partial charge >= 0.3 is 0 Å². The van der Waals surface area contributed by atoms with Crippen LogP contribution in [0.3, 0.4) is 0 Å². The fraction of sp³-hybridized carbons (Fsp3) is 0.353. The quantitative estimate of drug-likeness (QED) is 0.822. The Labute approximate surface area is 154 Å². The van der Waals surface area contributed by atoms with Gasteiger partial charge < -0.3 is 19.5 Å². The average Bonchev–Trinajstić information content (AvgIpc) is 3.02. The number of nitrogens with one attached hydrogen (secondary N) is 1. The van der Waals surface area contributed by atoms with E-state index in [0.29, 0.717) is 15.4 Å². The maximum absolute atomic E-state index is 12.4. The molecule has 24 heavy (non-hydrogen) atoms. The van der Waals surface area contributed by atoms with Crippen LogP contribution < -0.4 is 10.2 Å². The van der Waals surface area contributed by atoms with Crippen molar-refractivity contribution in [3.63, 3.8) is 0 Å². The predicted molar refractivity (Wildman–Crippen MR) is 100 cm³/mol. The van der Waals surface area contributed by atoms with E-state index in [2.05, 4.69) is 38.0 Å². The van der Waals surface area contributed by atoms with E-state index in [1.165, 1.54) is 0 Å². The molecular formula is C17H19BrClN3O2. The van der Waals surface area contributed by atoms with Crippen LogP contribution in [-0.2, 0) is 0 Å². The molecule has 7 heteroatoms. The van der Waals surface area contributed by atoms with Crippen LogP contribution in [0.4, 0.5) is 11.4 Å². The normalized spacial score (nSPS) is 15.5. The maximum Gasteiger partial charge on any atom is 0.291 e. The van der Waals surface area contributed by atoms with Gasteiger partial charge in [-0.25, -0.2) is 0 Å². The summed E-state index contributed by atoms with van der Waals surface area (Å²) in [4.78, 5) is 17.1. The van der Waals surface area contributed by atoms with Gasteiger partial charge in [0.2, 0.25) is 0 Å². The fourth-order valence-corrected chi connectivity index (χ4v) is 3.29. The number of hydrogen-bond donors (Lipinski definition) is 1. The summed E-state index contributed by atoms with van der Waals surface area (Å²) < 4.78 is 5.84. The molecule has 0 radical (unpaired) electrons. The number of carbonyl (C=O) groups excluding carboxylic acids is 1. The van der Waals surface area contributed by atoms with Crippen LogP contribution in [0, 0.1) is 0 Å². The highest BCUT2D eigenvalue weighted by molar-refractivity contribution is 9.10. The molecule has 1 aromatic carbocycles. The highest BCUT2D eigenvalue weighted by atomic mass is 79.9. The van der Waals surface area contributed by atoms with Crippen LogP contribution in [-0.4, -0.2) is 43.5 Å². The average molecular weight is 413 g/mol. The van der Waals surface area contributed by atoms with Crippen molar-refractivity contribution in [3.8, 4) is 0 Å². The number of hydrogen-bond acceptors (Lipinski definition) is 4. The smallest absolute Gasteiger partial charge is 0.291 e. The molecule has 1 N–H and O–H groups in total. The molecule has 3 rings (SSSR count). The molecule has 1 aliphatic rings. The molecule has 2 aromatic rings. The van der Waals surface area contributed by atoms with Gasteiger partial charge in [-0.05, 0) is 52.8 Å². The molecular weight excluding hydrogens is 394 g/mol. The number of rotatable bonds is 4. The maximum atomic E-state index is 12.4. The van der Waals surface area contributed by atoms with E-state index >= 15 is 0 Å². The van der Waals surface area contributed by atoms with Crippen LogP contribution in [0.5, 0.6) is 0 Å². The monoisotopic (exact) mass is 411 g/mol. The molecule has 1 aliphatic heterocycles. The number of amides is 1. The molecule has 128 valence electrons. The first-order chi connectivity index (χ1) is 11.6. The Balaban J connectivity index is 1.80. The van der Waals surface area contributed by atoms with E-state index in [0.717, 1.165) is 38.4 Å². The van der Waals surface area contributed by atoms with E-state index < -0.39 is 0 Å². The zero-order chi connectivity index (χ0) is 17.1. The topological polar surface area (TPSA) is 48.7 Å². The molecule has 1 aromatic heterocycles. The Hall–Kier alpha value is -1.50. The summed E-state index contributed by atoms with van der Waals surface area (Å²) in [7, 11) is 0. The van der Waals surface area contributed by atoms with Crippen molar-refractivity contribution in [1.29, 1.82) is 0 Å². The van der Waals surface area contributed by atoms with Crippen molar-refractivity contribution in [2.24, 2.45) is 0 Å². The summed E-state index contributed by atoms with van der Waals surface area (Å²) in [6.07, 6.45) is 0. The lowest BCUT2D eigenvalue weighted by atomic mass is 10.2. The summed E-state index contributed by atoms with van der Waals surface area (Å²) in [6, 6.07) is 8.90. The minimum absolute atomic E-state index is 0.253. The summed E-state index contributed by atoms with van der Waals surface area (Å²) in [5.41, 5.74) is 1.68. The number of anilines is 2. The molecule has 1 fully saturated rings. The van der Waals surface area contributed by atoms with Crippen molar-refractivity contribution in [2.75, 3.05) is 42.9 Å². The van der Waals surface area contributed by atoms with Gasteiger partial charge in [0.15, 0.2) is 10.4 Å². The minimum Gasteiger partial charge on any atom is -0.444 e. The largest absolute Gasteiger partial charge is 0.444 e. The number of piperazine rings is 1. The van der Waals surface area contributed by atoms with Crippen molar-refractivity contribution in [2.45, 2.75) is 6.92 Å². The van der Waals surface area contributed by atoms with Gasteiger partial charge in [0, 0.05) is 31.2 Å². The standard InChI is InChI=1S/C17H19BrClN3O2/c1-2-21-7-9-22(10-8-21)14-4-3-12(19)11-13(14)20-17(23)15-5-6-16(18)24-15/h3-6,11H,2,7-10H2,1H3,(H,20,23). The Morgan fingerprint density at radius 2 is 2.00 bits per heavy atom. The molecule has 2 heterocycles. The molecule has 0 bridgehead atoms. The Morgan fingerprint density at radius 1 is 1.25 bits per heavy atom. The van der Waals surface area contributed by atoms with Gasteiger partial charge in [0.05, 0.1) is 11.4 Å². The van der Waals surface area contributed by atoms with E-state index in [1.54, 1.807) is 18.2 Å². The number of likely N-dealkylation sites (N-methyl/N-ethyl adjacent to an activating group) is 1. The zero-order valence-electron chi connectivity index (χ0n) is 13.4. The zero-order valence-corrected chi connectivity index (χ0v) is 15.7. The fourth-order valence-electron chi connectivity index (χ4n) is 2.81. The molecule has 0 atom stereocenters. The van der Waals surface area contributed by atoms with Crippen molar-refractivity contribution in [1.82, 2.24) is 4.90 Å². The molecule has 1 saturated heterocycles. The van der Waals surface area contributed by atoms with Crippen LogP contribution in [0.15, 0.2) is 39.4 Å². The number of halogens is 2. The number of nitrogens with zero attached hydrogens (tertiary/aromatic N) is 2. The number of furan rings is 1. The summed E-state index contributed by atoms with van der Waals surface area (Å²) in [5, 5.41) is 3.50. The van der Waals surface area contributed by atoms with Crippen LogP contribution in [0.1, 0.15) is 17.5 Å². The lowest BCUT2D eigenvalue weighted by Gasteiger charge is -2.36. The SMILES string of the molecule is CCN1CCN(c2ccc(Cl)cc2NC(=O)c2ccc(Br)o2)CC1. The van der Waals surface area contributed by atoms with Crippen molar-refractivity contribution in [3.05, 3.63) is 45.8 Å². The summed E-state index contributed by atoms with van der Waals surface area (Å²) >= 11 is 9.33. The Kier molecular flexibility index (Phi) is 5.48. The second-order valence-corrected chi connectivity index (χ2v) is 6.86. The van der Waals surface area contributed by atoms with Gasteiger partial charge in [-0.3, -0.25) is 4.79 Å². The van der Waals surface area contributed by atoms with Gasteiger partial charge in [-0.2, -0.15) is 0 Å². The lowest BCUT2D eigenvalue weighted by molar-refractivity contribution is 0.0995. The summed E-state index contributed by atoms with van der Waals surface area (Å²) in [6.45, 7) is 7.10. The van der Waals surface area contributed by atoms with Gasteiger partial charge in [-0.1, -0.05) is 18.5 Å². The summed E-state index contributed by atoms with van der Waals surface area (Å²) in [5.74, 6) is -0.0417. The first-order valence-corrected chi connectivity index (χ1v) is 9.07. The predicted octanol–water partition coefficient (Wildman–Crippen LogP) is 4.09. The first-order valence-electron chi connectivity index (χ1n) is 7.90. The second kappa shape index (κ2) is 7.59. The van der Waals surface area contributed by atoms with E-state index in [9.17, 15) is 4.79 Å². The van der Waals surface area contributed by atoms with Gasteiger partial charge in [0.1, 0.15) is 0 Å². The Bertz CT molecular complexity index is 726. The molecule has 1 amide bonds. The van der Waals surface area contributed by atoms with Crippen LogP contribution >= 0.6 is 27.5 Å². The Morgan fingerprint density at radius 3 is 2.62 bits per heavy atom. The van der Waals surface area contributed by atoms with Crippen LogP contribution in [0.2, 0.25) is 5.02 Å². The van der Waals surface area contributed by atoms with E-state index in [4.69, 9.17) is 16.0 Å². The third-order valence-electron chi connectivity index (χ3n) is 4.16. The van der Waals surface area contributed by atoms with Crippen molar-refractivity contribution < 1.29 is 9.21 Å². The molecule has 5 nitrogen and oxygen atoms in total.